The van der Waals surface area contributed by atoms with Crippen molar-refractivity contribution in [1.82, 2.24) is 0 Å². The highest BCUT2D eigenvalue weighted by molar-refractivity contribution is 6.21. The number of alkyl halides is 1. The van der Waals surface area contributed by atoms with E-state index in [1.165, 1.54) is 32.1 Å². The molecule has 0 nitrogen and oxygen atoms in total. The first-order chi connectivity index (χ1) is 3.89. The first-order valence-corrected chi connectivity index (χ1v) is 3.80. The minimum absolute atomic E-state index is 0.373. The smallest absolute Gasteiger partial charge is 0.0367 e. The Morgan fingerprint density at radius 2 is 2.12 bits per heavy atom. The molecule has 0 heterocycles. The van der Waals surface area contributed by atoms with E-state index in [9.17, 15) is 0 Å². The normalized spacial score (nSPS) is 25.1. The summed E-state index contributed by atoms with van der Waals surface area (Å²) in [6.07, 6.45) is 8.71. The standard InChI is InChI=1S/C7H12Cl/c8-7-5-3-1-2-4-6-7/h5,7H,1-4,6H2. The third-order valence-electron chi connectivity index (χ3n) is 1.61. The molecule has 0 spiro atoms. The average Bonchev–Trinajstić information content (AvgIpc) is 1.94. The number of rotatable bonds is 0. The van der Waals surface area contributed by atoms with Crippen molar-refractivity contribution in [3.05, 3.63) is 6.42 Å². The molecule has 0 aromatic rings. The van der Waals surface area contributed by atoms with Crippen molar-refractivity contribution in [3.8, 4) is 0 Å². The van der Waals surface area contributed by atoms with Crippen molar-refractivity contribution in [3.63, 3.8) is 0 Å². The Morgan fingerprint density at radius 3 is 3.00 bits per heavy atom. The summed E-state index contributed by atoms with van der Waals surface area (Å²) in [5.41, 5.74) is 0. The number of hydrogen-bond acceptors (Lipinski definition) is 0. The van der Waals surface area contributed by atoms with E-state index in [1.807, 2.05) is 0 Å². The Morgan fingerprint density at radius 1 is 1.25 bits per heavy atom. The average molecular weight is 132 g/mol. The zero-order chi connectivity index (χ0) is 5.82. The van der Waals surface area contributed by atoms with Gasteiger partial charge in [-0.15, -0.1) is 11.6 Å². The second-order valence-electron chi connectivity index (χ2n) is 2.39. The molecule has 0 aliphatic heterocycles. The van der Waals surface area contributed by atoms with Crippen LogP contribution in [-0.2, 0) is 0 Å². The van der Waals surface area contributed by atoms with Gasteiger partial charge in [0.2, 0.25) is 0 Å². The molecule has 1 aliphatic rings. The molecule has 1 heteroatoms. The van der Waals surface area contributed by atoms with Crippen LogP contribution in [-0.4, -0.2) is 5.38 Å². The fourth-order valence-corrected chi connectivity index (χ4v) is 1.36. The van der Waals surface area contributed by atoms with E-state index in [2.05, 4.69) is 6.42 Å². The van der Waals surface area contributed by atoms with Crippen LogP contribution in [0.15, 0.2) is 0 Å². The molecule has 0 aromatic heterocycles. The quantitative estimate of drug-likeness (QED) is 0.350. The molecule has 1 radical (unpaired) electrons. The summed E-state index contributed by atoms with van der Waals surface area (Å²) in [6, 6.07) is 0. The molecular weight excluding hydrogens is 120 g/mol. The van der Waals surface area contributed by atoms with Gasteiger partial charge in [0.15, 0.2) is 0 Å². The molecule has 1 atom stereocenters. The molecule has 1 aliphatic carbocycles. The third kappa shape index (κ3) is 2.04. The number of halogens is 1. The second kappa shape index (κ2) is 3.34. The highest BCUT2D eigenvalue weighted by Crippen LogP contribution is 2.19. The van der Waals surface area contributed by atoms with Gasteiger partial charge in [-0.3, -0.25) is 0 Å². The lowest BCUT2D eigenvalue weighted by molar-refractivity contribution is 0.704. The van der Waals surface area contributed by atoms with Gasteiger partial charge in [-0.2, -0.15) is 0 Å². The van der Waals surface area contributed by atoms with Gasteiger partial charge in [-0.05, 0) is 19.3 Å². The van der Waals surface area contributed by atoms with E-state index in [1.54, 1.807) is 0 Å². The van der Waals surface area contributed by atoms with Gasteiger partial charge in [0.05, 0.1) is 0 Å². The topological polar surface area (TPSA) is 0 Å². The lowest BCUT2D eigenvalue weighted by atomic mass is 10.2. The summed E-state index contributed by atoms with van der Waals surface area (Å²) >= 11 is 5.87. The molecule has 1 saturated carbocycles. The Balaban J connectivity index is 2.17. The Kier molecular flexibility index (Phi) is 2.68. The summed E-state index contributed by atoms with van der Waals surface area (Å²) in [5.74, 6) is 0. The lowest BCUT2D eigenvalue weighted by Crippen LogP contribution is -1.94. The SMILES string of the molecule is ClC1[CH]CCCCC1. The van der Waals surface area contributed by atoms with Crippen LogP contribution >= 0.6 is 11.6 Å². The maximum Gasteiger partial charge on any atom is 0.0367 e. The molecule has 0 bridgehead atoms. The van der Waals surface area contributed by atoms with Crippen LogP contribution in [0.4, 0.5) is 0 Å². The van der Waals surface area contributed by atoms with Crippen LogP contribution in [0.5, 0.6) is 0 Å². The van der Waals surface area contributed by atoms with E-state index in [4.69, 9.17) is 11.6 Å². The van der Waals surface area contributed by atoms with Crippen LogP contribution in [0.3, 0.4) is 0 Å². The minimum atomic E-state index is 0.373. The predicted molar refractivity (Wildman–Crippen MR) is 37.0 cm³/mol. The monoisotopic (exact) mass is 131 g/mol. The maximum atomic E-state index is 5.87. The van der Waals surface area contributed by atoms with Crippen LogP contribution in [0.2, 0.25) is 0 Å². The third-order valence-corrected chi connectivity index (χ3v) is 2.00. The number of hydrogen-bond donors (Lipinski definition) is 0. The molecule has 0 amide bonds. The molecule has 0 N–H and O–H groups in total. The van der Waals surface area contributed by atoms with E-state index in [0.29, 0.717) is 5.38 Å². The fourth-order valence-electron chi connectivity index (χ4n) is 1.08. The van der Waals surface area contributed by atoms with E-state index < -0.39 is 0 Å². The van der Waals surface area contributed by atoms with Crippen molar-refractivity contribution in [2.75, 3.05) is 0 Å². The second-order valence-corrected chi connectivity index (χ2v) is 2.95. The van der Waals surface area contributed by atoms with Crippen LogP contribution in [0, 0.1) is 6.42 Å². The first kappa shape index (κ1) is 6.41. The van der Waals surface area contributed by atoms with Crippen LogP contribution in [0.25, 0.3) is 0 Å². The van der Waals surface area contributed by atoms with Crippen molar-refractivity contribution in [2.24, 2.45) is 0 Å². The minimum Gasteiger partial charge on any atom is -0.123 e. The van der Waals surface area contributed by atoms with Gasteiger partial charge in [-0.25, -0.2) is 0 Å². The van der Waals surface area contributed by atoms with Gasteiger partial charge in [0, 0.05) is 5.38 Å². The lowest BCUT2D eigenvalue weighted by Gasteiger charge is -1.99. The van der Waals surface area contributed by atoms with Gasteiger partial charge >= 0.3 is 0 Å². The van der Waals surface area contributed by atoms with E-state index >= 15 is 0 Å². The molecule has 0 aromatic carbocycles. The summed E-state index contributed by atoms with van der Waals surface area (Å²) in [4.78, 5) is 0. The van der Waals surface area contributed by atoms with E-state index in [0.717, 1.165) is 0 Å². The Bertz CT molecular complexity index is 53.4. The highest BCUT2D eigenvalue weighted by atomic mass is 35.5. The predicted octanol–water partition coefficient (Wildman–Crippen LogP) is 2.76. The van der Waals surface area contributed by atoms with Crippen molar-refractivity contribution >= 4 is 11.6 Å². The van der Waals surface area contributed by atoms with Crippen molar-refractivity contribution < 1.29 is 0 Å². The molecule has 47 valence electrons. The molecule has 1 unspecified atom stereocenters. The first-order valence-electron chi connectivity index (χ1n) is 3.37. The zero-order valence-electron chi connectivity index (χ0n) is 5.07. The summed E-state index contributed by atoms with van der Waals surface area (Å²) in [6.45, 7) is 0. The molecular formula is C7H12Cl. The fraction of sp³-hybridized carbons (Fsp3) is 0.857. The summed E-state index contributed by atoms with van der Waals surface area (Å²) < 4.78 is 0. The molecule has 0 saturated heterocycles. The van der Waals surface area contributed by atoms with Crippen molar-refractivity contribution in [1.29, 1.82) is 0 Å². The van der Waals surface area contributed by atoms with Gasteiger partial charge < -0.3 is 0 Å². The Labute approximate surface area is 56.2 Å². The summed E-state index contributed by atoms with van der Waals surface area (Å²) in [7, 11) is 0. The zero-order valence-corrected chi connectivity index (χ0v) is 5.82. The van der Waals surface area contributed by atoms with Gasteiger partial charge in [0.25, 0.3) is 0 Å². The van der Waals surface area contributed by atoms with Crippen LogP contribution in [0.1, 0.15) is 32.1 Å². The van der Waals surface area contributed by atoms with E-state index in [-0.39, 0.29) is 0 Å². The highest BCUT2D eigenvalue weighted by Gasteiger charge is 2.07. The van der Waals surface area contributed by atoms with Crippen molar-refractivity contribution in [2.45, 2.75) is 37.5 Å². The Hall–Kier alpha value is 0.290. The van der Waals surface area contributed by atoms with Crippen LogP contribution < -0.4 is 0 Å². The summed E-state index contributed by atoms with van der Waals surface area (Å²) in [5, 5.41) is 0.373. The maximum absolute atomic E-state index is 5.87. The largest absolute Gasteiger partial charge is 0.123 e. The molecule has 1 rings (SSSR count). The molecule has 8 heavy (non-hydrogen) atoms. The van der Waals surface area contributed by atoms with Gasteiger partial charge in [-0.1, -0.05) is 19.3 Å². The molecule has 1 fully saturated rings. The van der Waals surface area contributed by atoms with Gasteiger partial charge in [0.1, 0.15) is 0 Å².